The molecule has 0 radical (unpaired) electrons. The van der Waals surface area contributed by atoms with Crippen LogP contribution in [0.25, 0.3) is 10.7 Å². The molecule has 22 heavy (non-hydrogen) atoms. The standard InChI is InChI=1S/C14H14N4O3S/c19-13(11-2-1-10(22-11)12-15-3-4-16-12)17-5-6-18-9(7-17)8-21-14(18)20/h1-4,9H,5-8H2,(H,15,16)/t9-/m0/s1. The predicted molar refractivity (Wildman–Crippen MR) is 79.6 cm³/mol. The Morgan fingerprint density at radius 2 is 2.32 bits per heavy atom. The molecule has 2 aliphatic rings. The molecule has 4 rings (SSSR count). The van der Waals surface area contributed by atoms with Crippen molar-refractivity contribution in [2.24, 2.45) is 0 Å². The molecular weight excluding hydrogens is 304 g/mol. The molecule has 2 aromatic rings. The number of hydrogen-bond donors (Lipinski definition) is 1. The maximum Gasteiger partial charge on any atom is 0.410 e. The van der Waals surface area contributed by atoms with Crippen molar-refractivity contribution in [2.45, 2.75) is 6.04 Å². The second kappa shape index (κ2) is 5.13. The molecule has 7 nitrogen and oxygen atoms in total. The van der Waals surface area contributed by atoms with E-state index in [1.54, 1.807) is 22.2 Å². The summed E-state index contributed by atoms with van der Waals surface area (Å²) in [6, 6.07) is 3.71. The van der Waals surface area contributed by atoms with Crippen molar-refractivity contribution in [1.82, 2.24) is 19.8 Å². The molecular formula is C14H14N4O3S. The van der Waals surface area contributed by atoms with Crippen molar-refractivity contribution in [3.8, 4) is 10.7 Å². The highest BCUT2D eigenvalue weighted by molar-refractivity contribution is 7.17. The summed E-state index contributed by atoms with van der Waals surface area (Å²) < 4.78 is 5.03. The Balaban J connectivity index is 1.49. The van der Waals surface area contributed by atoms with Crippen LogP contribution in [0.2, 0.25) is 0 Å². The van der Waals surface area contributed by atoms with Gasteiger partial charge in [-0.1, -0.05) is 0 Å². The number of nitrogens with zero attached hydrogens (tertiary/aromatic N) is 3. The van der Waals surface area contributed by atoms with Crippen LogP contribution in [0.15, 0.2) is 24.5 Å². The Kier molecular flexibility index (Phi) is 3.11. The van der Waals surface area contributed by atoms with Gasteiger partial charge < -0.3 is 14.6 Å². The van der Waals surface area contributed by atoms with Gasteiger partial charge in [-0.25, -0.2) is 9.78 Å². The average Bonchev–Trinajstić information content (AvgIpc) is 3.27. The number of piperazine rings is 1. The van der Waals surface area contributed by atoms with Crippen molar-refractivity contribution in [3.05, 3.63) is 29.4 Å². The fourth-order valence-corrected chi connectivity index (χ4v) is 3.74. The van der Waals surface area contributed by atoms with Gasteiger partial charge in [0.15, 0.2) is 0 Å². The van der Waals surface area contributed by atoms with Crippen molar-refractivity contribution in [3.63, 3.8) is 0 Å². The predicted octanol–water partition coefficient (Wildman–Crippen LogP) is 1.41. The molecule has 1 N–H and O–H groups in total. The zero-order valence-electron chi connectivity index (χ0n) is 11.7. The maximum atomic E-state index is 12.6. The molecule has 4 heterocycles. The summed E-state index contributed by atoms with van der Waals surface area (Å²) in [4.78, 5) is 36.4. The highest BCUT2D eigenvalue weighted by atomic mass is 32.1. The first-order valence-corrected chi connectivity index (χ1v) is 7.86. The summed E-state index contributed by atoms with van der Waals surface area (Å²) in [7, 11) is 0. The lowest BCUT2D eigenvalue weighted by molar-refractivity contribution is 0.0621. The van der Waals surface area contributed by atoms with Crippen molar-refractivity contribution in [1.29, 1.82) is 0 Å². The number of amides is 2. The molecule has 0 aliphatic carbocycles. The fourth-order valence-electron chi connectivity index (χ4n) is 2.81. The lowest BCUT2D eigenvalue weighted by Crippen LogP contribution is -2.53. The highest BCUT2D eigenvalue weighted by Crippen LogP contribution is 2.27. The summed E-state index contributed by atoms with van der Waals surface area (Å²) in [6.45, 7) is 1.97. The molecule has 0 aromatic carbocycles. The third kappa shape index (κ3) is 2.16. The number of H-pyrrole nitrogens is 1. The van der Waals surface area contributed by atoms with E-state index >= 15 is 0 Å². The van der Waals surface area contributed by atoms with Gasteiger partial charge in [0.2, 0.25) is 0 Å². The number of ether oxygens (including phenoxy) is 1. The lowest BCUT2D eigenvalue weighted by Gasteiger charge is -2.35. The van der Waals surface area contributed by atoms with Crippen molar-refractivity contribution < 1.29 is 14.3 Å². The molecule has 114 valence electrons. The summed E-state index contributed by atoms with van der Waals surface area (Å²) in [5.74, 6) is 0.769. The lowest BCUT2D eigenvalue weighted by atomic mass is 10.2. The first kappa shape index (κ1) is 13.3. The number of carbonyl (C=O) groups is 2. The first-order chi connectivity index (χ1) is 10.7. The van der Waals surface area contributed by atoms with Gasteiger partial charge in [-0.05, 0) is 12.1 Å². The number of thiophene rings is 1. The quantitative estimate of drug-likeness (QED) is 0.908. The molecule has 0 unspecified atom stereocenters. The van der Waals surface area contributed by atoms with Crippen LogP contribution in [0, 0.1) is 0 Å². The van der Waals surface area contributed by atoms with Crippen LogP contribution in [-0.2, 0) is 4.74 Å². The van der Waals surface area contributed by atoms with Crippen LogP contribution in [0.5, 0.6) is 0 Å². The Hall–Kier alpha value is -2.35. The van der Waals surface area contributed by atoms with E-state index in [1.165, 1.54) is 11.3 Å². The smallest absolute Gasteiger partial charge is 0.410 e. The van der Waals surface area contributed by atoms with E-state index in [-0.39, 0.29) is 18.0 Å². The molecule has 8 heteroatoms. The van der Waals surface area contributed by atoms with E-state index in [0.29, 0.717) is 31.1 Å². The van der Waals surface area contributed by atoms with Gasteiger partial charge in [0, 0.05) is 32.0 Å². The third-order valence-corrected chi connectivity index (χ3v) is 5.03. The molecule has 2 amide bonds. The van der Waals surface area contributed by atoms with Crippen molar-refractivity contribution >= 4 is 23.3 Å². The molecule has 0 bridgehead atoms. The first-order valence-electron chi connectivity index (χ1n) is 7.04. The minimum atomic E-state index is -0.270. The summed E-state index contributed by atoms with van der Waals surface area (Å²) in [5, 5.41) is 0. The van der Waals surface area contributed by atoms with Gasteiger partial charge in [-0.15, -0.1) is 11.3 Å². The summed E-state index contributed by atoms with van der Waals surface area (Å²) >= 11 is 1.42. The Morgan fingerprint density at radius 1 is 1.41 bits per heavy atom. The van der Waals surface area contributed by atoms with Gasteiger partial charge >= 0.3 is 6.09 Å². The number of nitrogens with one attached hydrogen (secondary N) is 1. The summed E-state index contributed by atoms with van der Waals surface area (Å²) in [6.07, 6.45) is 3.17. The zero-order valence-corrected chi connectivity index (χ0v) is 12.5. The van der Waals surface area contributed by atoms with E-state index in [0.717, 1.165) is 10.7 Å². The second-order valence-electron chi connectivity index (χ2n) is 5.28. The van der Waals surface area contributed by atoms with E-state index in [1.807, 2.05) is 12.1 Å². The average molecular weight is 318 g/mol. The number of imidazole rings is 1. The topological polar surface area (TPSA) is 78.5 Å². The SMILES string of the molecule is O=C(c1ccc(-c2ncc[nH]2)s1)N1CCN2C(=O)OC[C@@H]2C1. The molecule has 2 saturated heterocycles. The van der Waals surface area contributed by atoms with Gasteiger partial charge in [0.05, 0.1) is 15.8 Å². The minimum Gasteiger partial charge on any atom is -0.447 e. The minimum absolute atomic E-state index is 0.00167. The number of hydrogen-bond acceptors (Lipinski definition) is 5. The molecule has 0 saturated carbocycles. The number of carbonyl (C=O) groups excluding carboxylic acids is 2. The number of cyclic esters (lactones) is 1. The number of fused-ring (bicyclic) bond motifs is 1. The van der Waals surface area contributed by atoms with Crippen LogP contribution in [0.3, 0.4) is 0 Å². The van der Waals surface area contributed by atoms with Crippen LogP contribution in [-0.4, -0.2) is 64.1 Å². The number of rotatable bonds is 2. The van der Waals surface area contributed by atoms with Crippen LogP contribution in [0.4, 0.5) is 4.79 Å². The van der Waals surface area contributed by atoms with Crippen LogP contribution in [0.1, 0.15) is 9.67 Å². The Morgan fingerprint density at radius 3 is 3.14 bits per heavy atom. The molecule has 2 aromatic heterocycles. The molecule has 1 atom stereocenters. The third-order valence-electron chi connectivity index (χ3n) is 3.95. The molecule has 2 aliphatic heterocycles. The highest BCUT2D eigenvalue weighted by Gasteiger charge is 2.39. The Labute approximate surface area is 130 Å². The van der Waals surface area contributed by atoms with E-state index in [4.69, 9.17) is 4.74 Å². The van der Waals surface area contributed by atoms with Crippen LogP contribution < -0.4 is 0 Å². The largest absolute Gasteiger partial charge is 0.447 e. The number of aromatic nitrogens is 2. The van der Waals surface area contributed by atoms with Gasteiger partial charge in [0.1, 0.15) is 12.4 Å². The Bertz CT molecular complexity index is 712. The van der Waals surface area contributed by atoms with E-state index < -0.39 is 0 Å². The van der Waals surface area contributed by atoms with Crippen molar-refractivity contribution in [2.75, 3.05) is 26.2 Å². The molecule has 0 spiro atoms. The normalized spacial score (nSPS) is 20.9. The monoisotopic (exact) mass is 318 g/mol. The van der Waals surface area contributed by atoms with E-state index in [9.17, 15) is 9.59 Å². The van der Waals surface area contributed by atoms with E-state index in [2.05, 4.69) is 9.97 Å². The summed E-state index contributed by atoms with van der Waals surface area (Å²) in [5.41, 5.74) is 0. The zero-order chi connectivity index (χ0) is 15.1. The number of aromatic amines is 1. The van der Waals surface area contributed by atoms with Gasteiger partial charge in [0.25, 0.3) is 5.91 Å². The van der Waals surface area contributed by atoms with Gasteiger partial charge in [-0.2, -0.15) is 0 Å². The maximum absolute atomic E-state index is 12.6. The van der Waals surface area contributed by atoms with Gasteiger partial charge in [-0.3, -0.25) is 9.69 Å². The second-order valence-corrected chi connectivity index (χ2v) is 6.36. The fraction of sp³-hybridized carbons (Fsp3) is 0.357. The van der Waals surface area contributed by atoms with Crippen LogP contribution >= 0.6 is 11.3 Å². The molecule has 2 fully saturated rings.